The van der Waals surface area contributed by atoms with Gasteiger partial charge in [-0.3, -0.25) is 0 Å². The van der Waals surface area contributed by atoms with Crippen molar-refractivity contribution in [1.82, 2.24) is 0 Å². The second-order valence-electron chi connectivity index (χ2n) is 7.69. The molecule has 1 N–H and O–H groups in total. The van der Waals surface area contributed by atoms with E-state index in [2.05, 4.69) is 4.18 Å². The van der Waals surface area contributed by atoms with Crippen LogP contribution in [0.2, 0.25) is 0 Å². The first-order valence-corrected chi connectivity index (χ1v) is 12.7. The quantitative estimate of drug-likeness (QED) is 0.107. The lowest BCUT2D eigenvalue weighted by Gasteiger charge is -2.06. The fourth-order valence-corrected chi connectivity index (χ4v) is 3.97. The lowest BCUT2D eigenvalue weighted by Crippen LogP contribution is -2.06. The minimum Gasteiger partial charge on any atom is -0.378 e. The van der Waals surface area contributed by atoms with Gasteiger partial charge in [0.15, 0.2) is 12.0 Å². The third-order valence-electron chi connectivity index (χ3n) is 4.92. The van der Waals surface area contributed by atoms with Crippen molar-refractivity contribution in [2.24, 2.45) is 0 Å². The monoisotopic (exact) mass is 582 g/mol. The summed E-state index contributed by atoms with van der Waals surface area (Å²) < 4.78 is 76.2. The molecule has 0 aliphatic carbocycles. The third-order valence-corrected chi connectivity index (χ3v) is 6.07. The van der Waals surface area contributed by atoms with Crippen LogP contribution in [0.4, 0.5) is 26.3 Å². The number of thiol groups is 1. The molecule has 0 radical (unpaired) electrons. The minimum atomic E-state index is -4.60. The van der Waals surface area contributed by atoms with E-state index in [1.54, 1.807) is 24.3 Å². The molecule has 39 heavy (non-hydrogen) atoms. The Morgan fingerprint density at radius 3 is 1.38 bits per heavy atom. The van der Waals surface area contributed by atoms with E-state index < -0.39 is 45.4 Å². The molecular weight excluding hydrogens is 562 g/mol. The zero-order valence-corrected chi connectivity index (χ0v) is 21.5. The Morgan fingerprint density at radius 1 is 0.615 bits per heavy atom. The number of carbonyl (C=O) groups is 1. The predicted octanol–water partition coefficient (Wildman–Crippen LogP) is 9.05. The van der Waals surface area contributed by atoms with E-state index in [9.17, 15) is 36.2 Å². The lowest BCUT2D eigenvalue weighted by atomic mass is 10.0. The van der Waals surface area contributed by atoms with Crippen molar-refractivity contribution >= 4 is 34.4 Å². The number of carbonyl (C=O) groups excluding carboxylic acids is 1. The molecule has 0 amide bonds. The Morgan fingerprint density at radius 2 is 1.00 bits per heavy atom. The molecular formula is C28H20F6O3S2. The summed E-state index contributed by atoms with van der Waals surface area (Å²) in [5, 5.41) is 8.71. The average molecular weight is 583 g/mol. The van der Waals surface area contributed by atoms with E-state index in [0.29, 0.717) is 0 Å². The van der Waals surface area contributed by atoms with Gasteiger partial charge in [-0.05, 0) is 34.4 Å². The predicted molar refractivity (Wildman–Crippen MR) is 145 cm³/mol. The van der Waals surface area contributed by atoms with Gasteiger partial charge in [0, 0.05) is 5.56 Å². The fourth-order valence-electron chi connectivity index (χ4n) is 3.19. The number of rotatable bonds is 5. The summed E-state index contributed by atoms with van der Waals surface area (Å²) >= 11 is -1.86. The molecule has 4 rings (SSSR count). The van der Waals surface area contributed by atoms with Gasteiger partial charge >= 0.3 is 17.0 Å². The number of aliphatic hydroxyl groups excluding tert-OH is 1. The largest absolute Gasteiger partial charge is 0.479 e. The Hall–Kier alpha value is -3.54. The SMILES string of the molecule is O=C(OSC(F)(F)F)c1ccc(-c2ccccc2)cc1.OC(=[SH]C(F)(F)F)c1ccc(-c2ccccc2)cc1. The summed E-state index contributed by atoms with van der Waals surface area (Å²) in [5.41, 5.74) is -5.09. The molecule has 4 aromatic rings. The van der Waals surface area contributed by atoms with Crippen molar-refractivity contribution in [2.75, 3.05) is 0 Å². The first-order chi connectivity index (χ1) is 18.4. The maximum atomic E-state index is 12.1. The topological polar surface area (TPSA) is 46.5 Å². The number of halogens is 6. The number of hydrogen-bond donors (Lipinski definition) is 2. The van der Waals surface area contributed by atoms with Crippen LogP contribution < -0.4 is 0 Å². The molecule has 0 unspecified atom stereocenters. The van der Waals surface area contributed by atoms with Crippen LogP contribution in [0, 0.1) is 0 Å². The average Bonchev–Trinajstić information content (AvgIpc) is 2.92. The Bertz CT molecular complexity index is 1370. The van der Waals surface area contributed by atoms with Crippen molar-refractivity contribution < 1.29 is 40.4 Å². The second-order valence-corrected chi connectivity index (χ2v) is 9.64. The van der Waals surface area contributed by atoms with Crippen LogP contribution in [-0.4, -0.2) is 27.1 Å². The van der Waals surface area contributed by atoms with Crippen LogP contribution in [0.3, 0.4) is 0 Å². The standard InChI is InChI=1S/C14H9F3O2S.C14H11F3OS/c15-14(16,17)20-19-13(18)12-8-6-11(7-9-12)10-4-2-1-3-5-10;15-14(16,17)19-13(18)12-8-6-11(7-9-12)10-4-2-1-3-5-10/h1-9H;1-9,18-19H. The number of aliphatic hydroxyl groups is 1. The molecule has 204 valence electrons. The molecule has 0 saturated carbocycles. The molecule has 0 aliphatic rings. The van der Waals surface area contributed by atoms with Gasteiger partial charge in [-0.2, -0.15) is 26.3 Å². The summed E-state index contributed by atoms with van der Waals surface area (Å²) in [6, 6.07) is 31.4. The van der Waals surface area contributed by atoms with Crippen LogP contribution in [0.15, 0.2) is 109 Å². The molecule has 0 aromatic heterocycles. The number of hydrogen-bond acceptors (Lipinski definition) is 3. The van der Waals surface area contributed by atoms with E-state index in [1.807, 2.05) is 60.7 Å². The van der Waals surface area contributed by atoms with Crippen LogP contribution in [0.25, 0.3) is 22.3 Å². The number of alkyl halides is 6. The third kappa shape index (κ3) is 10.3. The molecule has 0 heterocycles. The van der Waals surface area contributed by atoms with Gasteiger partial charge in [0.2, 0.25) is 0 Å². The highest BCUT2D eigenvalue weighted by molar-refractivity contribution is 7.99. The van der Waals surface area contributed by atoms with Gasteiger partial charge in [-0.1, -0.05) is 108 Å². The second kappa shape index (κ2) is 13.5. The molecule has 4 aromatic carbocycles. The van der Waals surface area contributed by atoms with E-state index in [0.717, 1.165) is 22.3 Å². The molecule has 0 fully saturated rings. The number of benzene rings is 4. The maximum Gasteiger partial charge on any atom is 0.479 e. The highest BCUT2D eigenvalue weighted by Gasteiger charge is 2.32. The Kier molecular flexibility index (Phi) is 10.4. The van der Waals surface area contributed by atoms with Crippen molar-refractivity contribution in [2.45, 2.75) is 11.0 Å². The summed E-state index contributed by atoms with van der Waals surface area (Å²) in [4.78, 5) is 11.4. The van der Waals surface area contributed by atoms with Gasteiger partial charge < -0.3 is 9.29 Å². The summed E-state index contributed by atoms with van der Waals surface area (Å²) in [5.74, 6) is -1.02. The molecule has 0 bridgehead atoms. The van der Waals surface area contributed by atoms with Gasteiger partial charge in [-0.25, -0.2) is 4.79 Å². The zero-order chi connectivity index (χ0) is 28.5. The normalized spacial score (nSPS) is 12.0. The van der Waals surface area contributed by atoms with E-state index >= 15 is 0 Å². The summed E-state index contributed by atoms with van der Waals surface area (Å²) in [6.45, 7) is 0. The smallest absolute Gasteiger partial charge is 0.378 e. The van der Waals surface area contributed by atoms with Crippen LogP contribution in [0.1, 0.15) is 15.9 Å². The molecule has 0 saturated heterocycles. The first kappa shape index (κ1) is 30.0. The molecule has 0 atom stereocenters. The Labute approximate surface area is 228 Å². The Balaban J connectivity index is 0.000000216. The van der Waals surface area contributed by atoms with Crippen LogP contribution >= 0.6 is 23.4 Å². The van der Waals surface area contributed by atoms with Gasteiger partial charge in [-0.15, -0.1) is 0 Å². The highest BCUT2D eigenvalue weighted by atomic mass is 32.2. The van der Waals surface area contributed by atoms with E-state index in [1.165, 1.54) is 24.3 Å². The fraction of sp³-hybridized carbons (Fsp3) is 0.0714. The van der Waals surface area contributed by atoms with Gasteiger partial charge in [0.1, 0.15) is 5.05 Å². The summed E-state index contributed by atoms with van der Waals surface area (Å²) in [7, 11) is 0. The van der Waals surface area contributed by atoms with E-state index in [4.69, 9.17) is 0 Å². The van der Waals surface area contributed by atoms with Gasteiger partial charge in [0.05, 0.1) is 5.56 Å². The van der Waals surface area contributed by atoms with Crippen molar-refractivity contribution in [1.29, 1.82) is 0 Å². The van der Waals surface area contributed by atoms with Crippen molar-refractivity contribution in [3.8, 4) is 22.3 Å². The summed E-state index contributed by atoms with van der Waals surface area (Å²) in [6.07, 6.45) is 0. The lowest BCUT2D eigenvalue weighted by molar-refractivity contribution is -0.0389. The molecule has 0 aliphatic heterocycles. The molecule has 3 nitrogen and oxygen atoms in total. The van der Waals surface area contributed by atoms with Crippen LogP contribution in [0.5, 0.6) is 0 Å². The maximum absolute atomic E-state index is 12.1. The minimum absolute atomic E-state index is 0.0708. The van der Waals surface area contributed by atoms with Gasteiger partial charge in [0.25, 0.3) is 0 Å². The van der Waals surface area contributed by atoms with E-state index in [-0.39, 0.29) is 11.1 Å². The molecule has 0 spiro atoms. The highest BCUT2D eigenvalue weighted by Crippen LogP contribution is 2.32. The first-order valence-electron chi connectivity index (χ1n) is 11.0. The van der Waals surface area contributed by atoms with Crippen LogP contribution in [-0.2, 0) is 4.18 Å². The molecule has 11 heteroatoms. The van der Waals surface area contributed by atoms with Crippen molar-refractivity contribution in [3.63, 3.8) is 0 Å². The van der Waals surface area contributed by atoms with Crippen molar-refractivity contribution in [3.05, 3.63) is 120 Å². The zero-order valence-electron chi connectivity index (χ0n) is 19.8.